The highest BCUT2D eigenvalue weighted by molar-refractivity contribution is 9.10. The van der Waals surface area contributed by atoms with Gasteiger partial charge in [-0.3, -0.25) is 5.43 Å². The molecule has 1 N–H and O–H groups in total. The van der Waals surface area contributed by atoms with Crippen molar-refractivity contribution in [1.29, 1.82) is 0 Å². The minimum absolute atomic E-state index is 0.282. The molecule has 2 rings (SSSR count). The number of hydrogen-bond donors (Lipinski definition) is 1. The van der Waals surface area contributed by atoms with Gasteiger partial charge in [-0.15, -0.1) is 11.3 Å². The van der Waals surface area contributed by atoms with Crippen LogP contribution in [0.1, 0.15) is 11.3 Å². The van der Waals surface area contributed by atoms with Gasteiger partial charge in [0.15, 0.2) is 0 Å². The number of anilines is 1. The minimum atomic E-state index is -0.377. The molecule has 0 unspecified atom stereocenters. The molecule has 1 aromatic carbocycles. The van der Waals surface area contributed by atoms with Gasteiger partial charge in [-0.05, 0) is 35.0 Å². The maximum Gasteiger partial charge on any atom is 0.203 e. The fourth-order valence-electron chi connectivity index (χ4n) is 1.42. The number of methoxy groups -OCH3 is 1. The Morgan fingerprint density at radius 3 is 2.95 bits per heavy atom. The van der Waals surface area contributed by atoms with Crippen molar-refractivity contribution >= 4 is 38.6 Å². The van der Waals surface area contributed by atoms with Gasteiger partial charge in [0, 0.05) is 10.9 Å². The lowest BCUT2D eigenvalue weighted by Crippen LogP contribution is -1.96. The maximum absolute atomic E-state index is 13.3. The molecule has 2 aromatic rings. The largest absolute Gasteiger partial charge is 0.495 e. The van der Waals surface area contributed by atoms with Gasteiger partial charge in [0.1, 0.15) is 11.6 Å². The Morgan fingerprint density at radius 2 is 2.32 bits per heavy atom. The van der Waals surface area contributed by atoms with Gasteiger partial charge in [0.2, 0.25) is 5.13 Å². The Kier molecular flexibility index (Phi) is 4.49. The number of aromatic nitrogens is 1. The second-order valence-corrected chi connectivity index (χ2v) is 5.30. The van der Waals surface area contributed by atoms with Gasteiger partial charge in [-0.25, -0.2) is 9.37 Å². The van der Waals surface area contributed by atoms with E-state index in [4.69, 9.17) is 4.74 Å². The summed E-state index contributed by atoms with van der Waals surface area (Å²) in [5, 5.41) is 6.68. The molecule has 100 valence electrons. The van der Waals surface area contributed by atoms with E-state index in [-0.39, 0.29) is 10.3 Å². The summed E-state index contributed by atoms with van der Waals surface area (Å²) in [6.45, 7) is 1.91. The number of ether oxygens (including phenoxy) is 1. The lowest BCUT2D eigenvalue weighted by molar-refractivity contribution is 0.407. The summed E-state index contributed by atoms with van der Waals surface area (Å²) in [5.74, 6) is 0.0263. The standard InChI is InChI=1S/C12H11BrFN3OS/c1-7-6-19-12(16-7)17-15-5-8-3-4-9(14)10(13)11(8)18-2/h3-6H,1-2H3,(H,16,17). The van der Waals surface area contributed by atoms with Gasteiger partial charge in [-0.2, -0.15) is 5.10 Å². The molecule has 0 fully saturated rings. The second-order valence-electron chi connectivity index (χ2n) is 3.65. The molecule has 7 heteroatoms. The molecular formula is C12H11BrFN3OS. The number of benzene rings is 1. The molecular weight excluding hydrogens is 333 g/mol. The maximum atomic E-state index is 13.3. The molecule has 0 saturated heterocycles. The zero-order chi connectivity index (χ0) is 13.8. The summed E-state index contributed by atoms with van der Waals surface area (Å²) < 4.78 is 18.8. The fraction of sp³-hybridized carbons (Fsp3) is 0.167. The van der Waals surface area contributed by atoms with E-state index in [1.807, 2.05) is 12.3 Å². The third-order valence-electron chi connectivity index (χ3n) is 2.27. The van der Waals surface area contributed by atoms with Crippen LogP contribution < -0.4 is 10.2 Å². The number of hydrogen-bond acceptors (Lipinski definition) is 5. The lowest BCUT2D eigenvalue weighted by atomic mass is 10.2. The van der Waals surface area contributed by atoms with E-state index in [2.05, 4.69) is 31.4 Å². The van der Waals surface area contributed by atoms with E-state index < -0.39 is 0 Å². The molecule has 0 atom stereocenters. The van der Waals surface area contributed by atoms with Crippen molar-refractivity contribution in [2.45, 2.75) is 6.92 Å². The molecule has 0 radical (unpaired) electrons. The Hall–Kier alpha value is -1.47. The van der Waals surface area contributed by atoms with E-state index in [1.54, 1.807) is 12.3 Å². The van der Waals surface area contributed by atoms with Crippen LogP contribution in [0, 0.1) is 12.7 Å². The highest BCUT2D eigenvalue weighted by Gasteiger charge is 2.10. The fourth-order valence-corrected chi connectivity index (χ4v) is 2.58. The van der Waals surface area contributed by atoms with Crippen LogP contribution in [-0.4, -0.2) is 18.3 Å². The van der Waals surface area contributed by atoms with Crippen LogP contribution >= 0.6 is 27.3 Å². The summed E-state index contributed by atoms with van der Waals surface area (Å²) in [7, 11) is 1.48. The molecule has 4 nitrogen and oxygen atoms in total. The number of aryl methyl sites for hydroxylation is 1. The average molecular weight is 344 g/mol. The molecule has 0 aliphatic heterocycles. The summed E-state index contributed by atoms with van der Waals surface area (Å²) in [4.78, 5) is 4.21. The van der Waals surface area contributed by atoms with Crippen molar-refractivity contribution in [3.05, 3.63) is 39.1 Å². The molecule has 0 aliphatic rings. The average Bonchev–Trinajstić information content (AvgIpc) is 2.80. The third-order valence-corrected chi connectivity index (χ3v) is 3.87. The van der Waals surface area contributed by atoms with Gasteiger partial charge >= 0.3 is 0 Å². The topological polar surface area (TPSA) is 46.5 Å². The highest BCUT2D eigenvalue weighted by atomic mass is 79.9. The normalized spacial score (nSPS) is 10.9. The predicted molar refractivity (Wildman–Crippen MR) is 78.7 cm³/mol. The molecule has 0 amide bonds. The number of thiazole rings is 1. The number of rotatable bonds is 4. The van der Waals surface area contributed by atoms with E-state index in [0.29, 0.717) is 16.4 Å². The third kappa shape index (κ3) is 3.30. The lowest BCUT2D eigenvalue weighted by Gasteiger charge is -2.07. The van der Waals surface area contributed by atoms with E-state index in [0.717, 1.165) is 5.69 Å². The van der Waals surface area contributed by atoms with Crippen LogP contribution in [0.4, 0.5) is 9.52 Å². The van der Waals surface area contributed by atoms with E-state index in [1.165, 1.54) is 24.5 Å². The summed E-state index contributed by atoms with van der Waals surface area (Å²) >= 11 is 4.60. The van der Waals surface area contributed by atoms with Gasteiger partial charge in [0.25, 0.3) is 0 Å². The molecule has 0 bridgehead atoms. The first-order chi connectivity index (χ1) is 9.11. The van der Waals surface area contributed by atoms with Gasteiger partial charge in [-0.1, -0.05) is 0 Å². The van der Waals surface area contributed by atoms with Crippen molar-refractivity contribution in [1.82, 2.24) is 4.98 Å². The van der Waals surface area contributed by atoms with Crippen LogP contribution in [0.15, 0.2) is 27.1 Å². The first-order valence-electron chi connectivity index (χ1n) is 5.35. The molecule has 0 aliphatic carbocycles. The van der Waals surface area contributed by atoms with Gasteiger partial charge in [0.05, 0.1) is 23.5 Å². The minimum Gasteiger partial charge on any atom is -0.495 e. The van der Waals surface area contributed by atoms with Crippen LogP contribution in [0.3, 0.4) is 0 Å². The first kappa shape index (κ1) is 14.0. The van der Waals surface area contributed by atoms with E-state index in [9.17, 15) is 4.39 Å². The Morgan fingerprint density at radius 1 is 1.53 bits per heavy atom. The van der Waals surface area contributed by atoms with Gasteiger partial charge < -0.3 is 4.74 Å². The van der Waals surface area contributed by atoms with Crippen molar-refractivity contribution in [2.75, 3.05) is 12.5 Å². The molecule has 1 heterocycles. The predicted octanol–water partition coefficient (Wildman–Crippen LogP) is 3.81. The Bertz CT molecular complexity index is 615. The zero-order valence-electron chi connectivity index (χ0n) is 10.3. The Labute approximate surface area is 122 Å². The SMILES string of the molecule is COc1c(C=NNc2nc(C)cs2)ccc(F)c1Br. The van der Waals surface area contributed by atoms with Crippen LogP contribution in [0.2, 0.25) is 0 Å². The van der Waals surface area contributed by atoms with E-state index >= 15 is 0 Å². The summed E-state index contributed by atoms with van der Waals surface area (Å²) in [6.07, 6.45) is 1.56. The second kappa shape index (κ2) is 6.12. The van der Waals surface area contributed by atoms with Crippen LogP contribution in [-0.2, 0) is 0 Å². The number of hydrazone groups is 1. The number of nitrogens with zero attached hydrogens (tertiary/aromatic N) is 2. The summed E-state index contributed by atoms with van der Waals surface area (Å²) in [6, 6.07) is 2.94. The number of nitrogens with one attached hydrogen (secondary N) is 1. The molecule has 1 aromatic heterocycles. The highest BCUT2D eigenvalue weighted by Crippen LogP contribution is 2.30. The molecule has 0 spiro atoms. The quantitative estimate of drug-likeness (QED) is 0.678. The van der Waals surface area contributed by atoms with Crippen LogP contribution in [0.5, 0.6) is 5.75 Å². The monoisotopic (exact) mass is 343 g/mol. The van der Waals surface area contributed by atoms with Crippen molar-refractivity contribution in [2.24, 2.45) is 5.10 Å². The summed E-state index contributed by atoms with van der Waals surface area (Å²) in [5.41, 5.74) is 4.41. The molecule has 19 heavy (non-hydrogen) atoms. The van der Waals surface area contributed by atoms with Crippen molar-refractivity contribution < 1.29 is 9.13 Å². The zero-order valence-corrected chi connectivity index (χ0v) is 12.7. The molecule has 0 saturated carbocycles. The number of halogens is 2. The van der Waals surface area contributed by atoms with Crippen molar-refractivity contribution in [3.8, 4) is 5.75 Å². The smallest absolute Gasteiger partial charge is 0.203 e. The first-order valence-corrected chi connectivity index (χ1v) is 7.02. The van der Waals surface area contributed by atoms with Crippen LogP contribution in [0.25, 0.3) is 0 Å². The Balaban J connectivity index is 2.17. The van der Waals surface area contributed by atoms with Crippen molar-refractivity contribution in [3.63, 3.8) is 0 Å².